The summed E-state index contributed by atoms with van der Waals surface area (Å²) >= 11 is 0. The molecule has 7 nitrogen and oxygen atoms in total. The lowest BCUT2D eigenvalue weighted by atomic mass is 9.85. The summed E-state index contributed by atoms with van der Waals surface area (Å²) in [5, 5.41) is 12.3. The van der Waals surface area contributed by atoms with Gasteiger partial charge in [-0.3, -0.25) is 4.79 Å². The molecule has 1 fully saturated rings. The number of rotatable bonds is 9. The van der Waals surface area contributed by atoms with E-state index in [1.165, 1.54) is 5.56 Å². The van der Waals surface area contributed by atoms with Crippen LogP contribution < -0.4 is 5.32 Å². The van der Waals surface area contributed by atoms with Gasteiger partial charge >= 0.3 is 11.9 Å². The third kappa shape index (κ3) is 6.72. The molecule has 0 aromatic heterocycles. The Labute approximate surface area is 213 Å². The van der Waals surface area contributed by atoms with Gasteiger partial charge in [0.05, 0.1) is 5.92 Å². The second-order valence-electron chi connectivity index (χ2n) is 11.0. The van der Waals surface area contributed by atoms with Gasteiger partial charge in [-0.15, -0.1) is 0 Å². The van der Waals surface area contributed by atoms with Crippen molar-refractivity contribution in [2.75, 3.05) is 0 Å². The number of carboxylic acid groups (broad SMARTS) is 1. The lowest BCUT2D eigenvalue weighted by molar-refractivity contribution is -0.162. The summed E-state index contributed by atoms with van der Waals surface area (Å²) in [7, 11) is 0. The zero-order chi connectivity index (χ0) is 26.7. The fourth-order valence-corrected chi connectivity index (χ4v) is 4.59. The van der Waals surface area contributed by atoms with E-state index in [-0.39, 0.29) is 0 Å². The molecule has 2 aromatic rings. The number of aryl methyl sites for hydroxylation is 2. The molecule has 1 heterocycles. The molecular formula is C29H37NO6. The number of carbonyl (C=O) groups excluding carboxylic acids is 2. The average Bonchev–Trinajstić information content (AvgIpc) is 3.06. The second kappa shape index (κ2) is 10.8. The highest BCUT2D eigenvalue weighted by molar-refractivity contribution is 5.90. The summed E-state index contributed by atoms with van der Waals surface area (Å²) in [6.45, 7) is 10.5. The van der Waals surface area contributed by atoms with E-state index in [1.54, 1.807) is 34.6 Å². The van der Waals surface area contributed by atoms with Gasteiger partial charge in [0.1, 0.15) is 6.04 Å². The molecule has 0 saturated carbocycles. The molecule has 194 valence electrons. The molecule has 3 atom stereocenters. The van der Waals surface area contributed by atoms with Crippen molar-refractivity contribution in [3.8, 4) is 11.1 Å². The van der Waals surface area contributed by atoms with Gasteiger partial charge in [0.2, 0.25) is 11.7 Å². The molecule has 0 radical (unpaired) electrons. The maximum absolute atomic E-state index is 13.3. The van der Waals surface area contributed by atoms with Crippen LogP contribution in [0.1, 0.15) is 58.6 Å². The monoisotopic (exact) mass is 495 g/mol. The molecule has 0 spiro atoms. The first-order chi connectivity index (χ1) is 16.8. The summed E-state index contributed by atoms with van der Waals surface area (Å²) in [6.07, 6.45) is 0.573. The SMILES string of the molecule is Cc1cc(CCC[C@@H](C(=O)N[C@H](C(=O)O)C(C)(C)C)[C@@H]2OC(C)(C)OC2=O)ccc1-c1ccccc1. The van der Waals surface area contributed by atoms with Crippen LogP contribution in [0.4, 0.5) is 0 Å². The molecule has 1 amide bonds. The van der Waals surface area contributed by atoms with Crippen molar-refractivity contribution in [1.29, 1.82) is 0 Å². The predicted octanol–water partition coefficient (Wildman–Crippen LogP) is 4.89. The molecule has 1 aliphatic rings. The summed E-state index contributed by atoms with van der Waals surface area (Å²) in [5.41, 5.74) is 3.90. The summed E-state index contributed by atoms with van der Waals surface area (Å²) in [5.74, 6) is -4.26. The zero-order valence-corrected chi connectivity index (χ0v) is 22.0. The van der Waals surface area contributed by atoms with Crippen molar-refractivity contribution < 1.29 is 29.0 Å². The van der Waals surface area contributed by atoms with Crippen LogP contribution in [-0.4, -0.2) is 40.9 Å². The van der Waals surface area contributed by atoms with Crippen LogP contribution in [-0.2, 0) is 30.3 Å². The highest BCUT2D eigenvalue weighted by Gasteiger charge is 2.48. The van der Waals surface area contributed by atoms with E-state index in [9.17, 15) is 19.5 Å². The second-order valence-corrected chi connectivity index (χ2v) is 11.0. The highest BCUT2D eigenvalue weighted by atomic mass is 16.8. The van der Waals surface area contributed by atoms with Crippen LogP contribution in [0.2, 0.25) is 0 Å². The molecule has 2 N–H and O–H groups in total. The summed E-state index contributed by atoms with van der Waals surface area (Å²) in [6, 6.07) is 15.4. The van der Waals surface area contributed by atoms with Gasteiger partial charge in [0, 0.05) is 13.8 Å². The number of aliphatic carboxylic acids is 1. The molecule has 0 bridgehead atoms. The van der Waals surface area contributed by atoms with Crippen molar-refractivity contribution in [2.24, 2.45) is 11.3 Å². The lowest BCUT2D eigenvalue weighted by Gasteiger charge is -2.30. The van der Waals surface area contributed by atoms with Crippen LogP contribution in [0.15, 0.2) is 48.5 Å². The molecule has 36 heavy (non-hydrogen) atoms. The van der Waals surface area contributed by atoms with E-state index >= 15 is 0 Å². The Hall–Kier alpha value is -3.19. The Morgan fingerprint density at radius 2 is 1.78 bits per heavy atom. The van der Waals surface area contributed by atoms with Gasteiger partial charge in [0.15, 0.2) is 6.10 Å². The maximum Gasteiger partial charge on any atom is 0.338 e. The van der Waals surface area contributed by atoms with Gasteiger partial charge in [-0.2, -0.15) is 0 Å². The molecule has 0 unspecified atom stereocenters. The average molecular weight is 496 g/mol. The van der Waals surface area contributed by atoms with Gasteiger partial charge in [0.25, 0.3) is 0 Å². The van der Waals surface area contributed by atoms with E-state index < -0.39 is 47.1 Å². The van der Waals surface area contributed by atoms with Gasteiger partial charge in [-0.25, -0.2) is 9.59 Å². The molecule has 1 aliphatic heterocycles. The first-order valence-corrected chi connectivity index (χ1v) is 12.4. The Bertz CT molecular complexity index is 1100. The number of carboxylic acids is 1. The van der Waals surface area contributed by atoms with Gasteiger partial charge in [-0.05, 0) is 53.9 Å². The van der Waals surface area contributed by atoms with E-state index in [0.717, 1.165) is 16.7 Å². The Kier molecular flexibility index (Phi) is 8.24. The van der Waals surface area contributed by atoms with Crippen LogP contribution in [0.5, 0.6) is 0 Å². The van der Waals surface area contributed by atoms with E-state index in [0.29, 0.717) is 19.3 Å². The third-order valence-corrected chi connectivity index (χ3v) is 6.45. The standard InChI is InChI=1S/C29H37NO6/c1-18-17-19(15-16-21(18)20-12-8-7-9-13-20)11-10-14-22(23-27(34)36-29(5,6)35-23)25(31)30-24(26(32)33)28(2,3)4/h7-9,12-13,15-17,22-24H,10-11,14H2,1-6H3,(H,30,31)(H,32,33)/t22-,23+,24-/m1/s1. The summed E-state index contributed by atoms with van der Waals surface area (Å²) < 4.78 is 11.1. The topological polar surface area (TPSA) is 102 Å². The van der Waals surface area contributed by atoms with Crippen LogP contribution in [0.25, 0.3) is 11.1 Å². The normalized spacial score (nSPS) is 18.8. The van der Waals surface area contributed by atoms with Crippen molar-refractivity contribution in [3.63, 3.8) is 0 Å². The number of carbonyl (C=O) groups is 3. The largest absolute Gasteiger partial charge is 0.480 e. The molecule has 2 aromatic carbocycles. The van der Waals surface area contributed by atoms with E-state index in [1.807, 2.05) is 18.2 Å². The minimum atomic E-state index is -1.14. The third-order valence-electron chi connectivity index (χ3n) is 6.45. The fourth-order valence-electron chi connectivity index (χ4n) is 4.59. The number of ether oxygens (including phenoxy) is 2. The van der Waals surface area contributed by atoms with Crippen LogP contribution >= 0.6 is 0 Å². The smallest absolute Gasteiger partial charge is 0.338 e. The number of cyclic esters (lactones) is 1. The molecule has 0 aliphatic carbocycles. The minimum absolute atomic E-state index is 0.345. The number of hydrogen-bond acceptors (Lipinski definition) is 5. The first-order valence-electron chi connectivity index (χ1n) is 12.4. The number of amides is 1. The summed E-state index contributed by atoms with van der Waals surface area (Å²) in [4.78, 5) is 37.7. The molecule has 1 saturated heterocycles. The predicted molar refractivity (Wildman–Crippen MR) is 137 cm³/mol. The highest BCUT2D eigenvalue weighted by Crippen LogP contribution is 2.32. The molecular weight excluding hydrogens is 458 g/mol. The van der Waals surface area contributed by atoms with Gasteiger partial charge in [-0.1, -0.05) is 69.3 Å². The van der Waals surface area contributed by atoms with E-state index in [4.69, 9.17) is 9.47 Å². The quantitative estimate of drug-likeness (QED) is 0.480. The number of nitrogens with one attached hydrogen (secondary N) is 1. The number of esters is 1. The first kappa shape index (κ1) is 27.4. The van der Waals surface area contributed by atoms with Crippen molar-refractivity contribution in [2.45, 2.75) is 78.7 Å². The Morgan fingerprint density at radius 3 is 2.31 bits per heavy atom. The fraction of sp³-hybridized carbons (Fsp3) is 0.483. The van der Waals surface area contributed by atoms with E-state index in [2.05, 4.69) is 42.6 Å². The van der Waals surface area contributed by atoms with Crippen molar-refractivity contribution >= 4 is 17.8 Å². The number of hydrogen-bond donors (Lipinski definition) is 2. The van der Waals surface area contributed by atoms with Gasteiger partial charge < -0.3 is 19.9 Å². The minimum Gasteiger partial charge on any atom is -0.480 e. The molecule has 7 heteroatoms. The number of benzene rings is 2. The van der Waals surface area contributed by atoms with Crippen molar-refractivity contribution in [1.82, 2.24) is 5.32 Å². The molecule has 3 rings (SSSR count). The van der Waals surface area contributed by atoms with Crippen LogP contribution in [0.3, 0.4) is 0 Å². The Morgan fingerprint density at radius 1 is 1.11 bits per heavy atom. The van der Waals surface area contributed by atoms with Crippen molar-refractivity contribution in [3.05, 3.63) is 59.7 Å². The Balaban J connectivity index is 1.74. The maximum atomic E-state index is 13.3. The van der Waals surface area contributed by atoms with Crippen LogP contribution in [0, 0.1) is 18.3 Å². The zero-order valence-electron chi connectivity index (χ0n) is 22.0. The lowest BCUT2D eigenvalue weighted by Crippen LogP contribution is -2.52.